The number of hydrogen-bond acceptors (Lipinski definition) is 3. The van der Waals surface area contributed by atoms with Gasteiger partial charge in [-0.3, -0.25) is 4.79 Å². The van der Waals surface area contributed by atoms with E-state index in [4.69, 9.17) is 5.73 Å². The fraction of sp³-hybridized carbons (Fsp3) is 0.308. The number of nitrogen functional groups attached to an aromatic ring is 1. The third kappa shape index (κ3) is 4.41. The molecule has 0 aliphatic rings. The van der Waals surface area contributed by atoms with Crippen molar-refractivity contribution in [1.82, 2.24) is 0 Å². The van der Waals surface area contributed by atoms with Crippen LogP contribution in [0.2, 0.25) is 0 Å². The van der Waals surface area contributed by atoms with Gasteiger partial charge in [0.25, 0.3) is 0 Å². The Morgan fingerprint density at radius 3 is 2.94 bits per heavy atom. The fourth-order valence-corrected chi connectivity index (χ4v) is 1.67. The van der Waals surface area contributed by atoms with E-state index >= 15 is 0 Å². The normalized spacial score (nSPS) is 9.38. The summed E-state index contributed by atoms with van der Waals surface area (Å²) in [6.45, 7) is 3.58. The van der Waals surface area contributed by atoms with Gasteiger partial charge in [0.1, 0.15) is 0 Å². The minimum atomic E-state index is 0.136. The summed E-state index contributed by atoms with van der Waals surface area (Å²) in [5, 5.41) is 0.136. The minimum Gasteiger partial charge on any atom is -0.398 e. The van der Waals surface area contributed by atoms with E-state index in [1.807, 2.05) is 25.1 Å². The minimum absolute atomic E-state index is 0.136. The van der Waals surface area contributed by atoms with Crippen molar-refractivity contribution in [2.45, 2.75) is 20.3 Å². The first-order valence-corrected chi connectivity index (χ1v) is 6.06. The summed E-state index contributed by atoms with van der Waals surface area (Å²) < 4.78 is 0. The molecule has 2 nitrogen and oxygen atoms in total. The molecule has 0 atom stereocenters. The first kappa shape index (κ1) is 12.7. The molecule has 0 saturated carbocycles. The van der Waals surface area contributed by atoms with Gasteiger partial charge in [0, 0.05) is 30.3 Å². The van der Waals surface area contributed by atoms with E-state index in [2.05, 4.69) is 11.8 Å². The highest BCUT2D eigenvalue weighted by molar-refractivity contribution is 8.13. The number of carbonyl (C=O) groups is 1. The van der Waals surface area contributed by atoms with E-state index in [0.717, 1.165) is 16.9 Å². The average Bonchev–Trinajstić information content (AvgIpc) is 2.22. The molecular formula is C13H15NOS. The maximum atomic E-state index is 10.7. The van der Waals surface area contributed by atoms with Gasteiger partial charge in [0.15, 0.2) is 5.12 Å². The Kier molecular flexibility index (Phi) is 4.94. The molecule has 0 amide bonds. The fourth-order valence-electron chi connectivity index (χ4n) is 1.18. The second-order valence-corrected chi connectivity index (χ2v) is 4.75. The summed E-state index contributed by atoms with van der Waals surface area (Å²) in [5.41, 5.74) is 8.51. The van der Waals surface area contributed by atoms with Gasteiger partial charge >= 0.3 is 0 Å². The zero-order valence-corrected chi connectivity index (χ0v) is 10.4. The number of thioether (sulfide) groups is 1. The van der Waals surface area contributed by atoms with E-state index in [0.29, 0.717) is 12.1 Å². The number of hydrogen-bond donors (Lipinski definition) is 1. The maximum Gasteiger partial charge on any atom is 0.185 e. The van der Waals surface area contributed by atoms with Gasteiger partial charge in [-0.1, -0.05) is 29.7 Å². The molecule has 0 unspecified atom stereocenters. The molecular weight excluding hydrogens is 218 g/mol. The van der Waals surface area contributed by atoms with E-state index in [1.165, 1.54) is 11.8 Å². The Morgan fingerprint density at radius 2 is 2.25 bits per heavy atom. The molecule has 1 aromatic carbocycles. The standard InChI is InChI=1S/C13H15NOS/c1-10-6-7-13(14)12(9-10)5-3-4-8-16-11(2)15/h6-7,9H,4,8,14H2,1-2H3. The number of rotatable bonds is 2. The van der Waals surface area contributed by atoms with Crippen LogP contribution in [0.15, 0.2) is 18.2 Å². The smallest absolute Gasteiger partial charge is 0.185 e. The summed E-state index contributed by atoms with van der Waals surface area (Å²) in [7, 11) is 0. The van der Waals surface area contributed by atoms with Crippen molar-refractivity contribution in [2.75, 3.05) is 11.5 Å². The molecule has 0 heterocycles. The first-order chi connectivity index (χ1) is 7.59. The highest BCUT2D eigenvalue weighted by atomic mass is 32.2. The van der Waals surface area contributed by atoms with E-state index in [-0.39, 0.29) is 5.12 Å². The lowest BCUT2D eigenvalue weighted by Gasteiger charge is -1.98. The van der Waals surface area contributed by atoms with Crippen molar-refractivity contribution < 1.29 is 4.79 Å². The first-order valence-electron chi connectivity index (χ1n) is 5.08. The highest BCUT2D eigenvalue weighted by Gasteiger charge is 1.95. The van der Waals surface area contributed by atoms with Crippen LogP contribution in [-0.2, 0) is 4.79 Å². The van der Waals surface area contributed by atoms with Gasteiger partial charge in [-0.05, 0) is 24.6 Å². The SMILES string of the molecule is CC(=O)SCCC#Cc1cc(C)ccc1N. The van der Waals surface area contributed by atoms with Crippen molar-refractivity contribution in [3.05, 3.63) is 29.3 Å². The van der Waals surface area contributed by atoms with Crippen molar-refractivity contribution in [3.8, 4) is 11.8 Å². The molecule has 0 bridgehead atoms. The number of anilines is 1. The molecule has 0 aliphatic carbocycles. The highest BCUT2D eigenvalue weighted by Crippen LogP contribution is 2.12. The third-order valence-corrected chi connectivity index (χ3v) is 2.78. The Balaban J connectivity index is 2.56. The van der Waals surface area contributed by atoms with Crippen LogP contribution in [0.25, 0.3) is 0 Å². The quantitative estimate of drug-likeness (QED) is 0.485. The Bertz CT molecular complexity index is 443. The molecule has 0 aromatic heterocycles. The van der Waals surface area contributed by atoms with Crippen LogP contribution in [0.3, 0.4) is 0 Å². The van der Waals surface area contributed by atoms with Gasteiger partial charge < -0.3 is 5.73 Å². The summed E-state index contributed by atoms with van der Waals surface area (Å²) >= 11 is 1.30. The van der Waals surface area contributed by atoms with Crippen LogP contribution >= 0.6 is 11.8 Å². The number of benzene rings is 1. The number of nitrogens with two attached hydrogens (primary N) is 1. The van der Waals surface area contributed by atoms with Crippen LogP contribution in [0.5, 0.6) is 0 Å². The predicted octanol–water partition coefficient (Wildman–Crippen LogP) is 2.60. The van der Waals surface area contributed by atoms with Gasteiger partial charge in [-0.25, -0.2) is 0 Å². The van der Waals surface area contributed by atoms with E-state index in [1.54, 1.807) is 6.92 Å². The molecule has 0 spiro atoms. The molecule has 0 radical (unpaired) electrons. The Labute approximate surface area is 101 Å². The van der Waals surface area contributed by atoms with Gasteiger partial charge in [-0.2, -0.15) is 0 Å². The van der Waals surface area contributed by atoms with Crippen molar-refractivity contribution in [2.24, 2.45) is 0 Å². The van der Waals surface area contributed by atoms with Gasteiger partial charge in [0.05, 0.1) is 0 Å². The van der Waals surface area contributed by atoms with E-state index < -0.39 is 0 Å². The van der Waals surface area contributed by atoms with Crippen molar-refractivity contribution in [3.63, 3.8) is 0 Å². The summed E-state index contributed by atoms with van der Waals surface area (Å²) in [6.07, 6.45) is 0.706. The Morgan fingerprint density at radius 1 is 1.50 bits per heavy atom. The molecule has 0 saturated heterocycles. The number of aryl methyl sites for hydroxylation is 1. The summed E-state index contributed by atoms with van der Waals surface area (Å²) in [4.78, 5) is 10.7. The summed E-state index contributed by atoms with van der Waals surface area (Å²) in [5.74, 6) is 6.79. The average molecular weight is 233 g/mol. The summed E-state index contributed by atoms with van der Waals surface area (Å²) in [6, 6.07) is 5.80. The largest absolute Gasteiger partial charge is 0.398 e. The zero-order chi connectivity index (χ0) is 12.0. The molecule has 2 N–H and O–H groups in total. The van der Waals surface area contributed by atoms with Crippen molar-refractivity contribution in [1.29, 1.82) is 0 Å². The zero-order valence-electron chi connectivity index (χ0n) is 9.54. The molecule has 3 heteroatoms. The maximum absolute atomic E-state index is 10.7. The van der Waals surface area contributed by atoms with Crippen LogP contribution in [-0.4, -0.2) is 10.9 Å². The topological polar surface area (TPSA) is 43.1 Å². The second-order valence-electron chi connectivity index (χ2n) is 3.48. The lowest BCUT2D eigenvalue weighted by atomic mass is 10.1. The van der Waals surface area contributed by atoms with E-state index in [9.17, 15) is 4.79 Å². The molecule has 0 aliphatic heterocycles. The second kappa shape index (κ2) is 6.24. The number of carbonyl (C=O) groups excluding carboxylic acids is 1. The van der Waals surface area contributed by atoms with Crippen molar-refractivity contribution >= 4 is 22.6 Å². The lowest BCUT2D eigenvalue weighted by molar-refractivity contribution is -0.109. The molecule has 84 valence electrons. The van der Waals surface area contributed by atoms with Crippen LogP contribution in [0, 0.1) is 18.8 Å². The third-order valence-electron chi connectivity index (χ3n) is 1.96. The molecule has 1 aromatic rings. The molecule has 1 rings (SSSR count). The molecule has 16 heavy (non-hydrogen) atoms. The van der Waals surface area contributed by atoms with Gasteiger partial charge in [0.2, 0.25) is 0 Å². The van der Waals surface area contributed by atoms with Gasteiger partial charge in [-0.15, -0.1) is 0 Å². The van der Waals surface area contributed by atoms with Crippen LogP contribution in [0.1, 0.15) is 24.5 Å². The lowest BCUT2D eigenvalue weighted by Crippen LogP contribution is -1.90. The molecule has 0 fully saturated rings. The monoisotopic (exact) mass is 233 g/mol. The Hall–Kier alpha value is -1.40. The van der Waals surface area contributed by atoms with Crippen LogP contribution < -0.4 is 5.73 Å². The van der Waals surface area contributed by atoms with Crippen LogP contribution in [0.4, 0.5) is 5.69 Å². The predicted molar refractivity (Wildman–Crippen MR) is 70.2 cm³/mol.